The first kappa shape index (κ1) is 13.8. The maximum absolute atomic E-state index is 12.2. The Hall–Kier alpha value is -2.17. The molecule has 1 N–H and O–H groups in total. The van der Waals surface area contributed by atoms with Crippen molar-refractivity contribution in [2.45, 2.75) is 32.2 Å². The molecule has 1 atom stereocenters. The minimum absolute atomic E-state index is 0.00524. The van der Waals surface area contributed by atoms with Crippen LogP contribution in [0.15, 0.2) is 24.3 Å². The first-order valence-electron chi connectivity index (χ1n) is 7.26. The van der Waals surface area contributed by atoms with Crippen molar-refractivity contribution >= 4 is 23.3 Å². The smallest absolute Gasteiger partial charge is 0.229 e. The molecule has 2 aliphatic rings. The Morgan fingerprint density at radius 1 is 1.19 bits per heavy atom. The predicted molar refractivity (Wildman–Crippen MR) is 77.9 cm³/mol. The summed E-state index contributed by atoms with van der Waals surface area (Å²) in [6.45, 7) is 2.03. The Morgan fingerprint density at radius 3 is 2.43 bits per heavy atom. The fourth-order valence-corrected chi connectivity index (χ4v) is 2.68. The van der Waals surface area contributed by atoms with Gasteiger partial charge in [0, 0.05) is 30.3 Å². The number of Topliss-reactive ketones (excluding diaryl/α,β-unsaturated/α-hetero) is 1. The molecule has 5 heteroatoms. The van der Waals surface area contributed by atoms with Gasteiger partial charge >= 0.3 is 0 Å². The van der Waals surface area contributed by atoms with E-state index in [0.29, 0.717) is 30.3 Å². The molecule has 1 heterocycles. The zero-order chi connectivity index (χ0) is 15.0. The second kappa shape index (κ2) is 5.31. The molecule has 1 aromatic carbocycles. The number of nitrogens with zero attached hydrogens (tertiary/aromatic N) is 1. The van der Waals surface area contributed by atoms with Crippen LogP contribution in [0.25, 0.3) is 0 Å². The van der Waals surface area contributed by atoms with Gasteiger partial charge in [-0.2, -0.15) is 0 Å². The topological polar surface area (TPSA) is 66.5 Å². The second-order valence-corrected chi connectivity index (χ2v) is 5.80. The maximum Gasteiger partial charge on any atom is 0.229 e. The number of ketones is 1. The number of hydrogen-bond acceptors (Lipinski definition) is 3. The third-order valence-corrected chi connectivity index (χ3v) is 4.08. The van der Waals surface area contributed by atoms with Gasteiger partial charge in [0.15, 0.2) is 5.78 Å². The van der Waals surface area contributed by atoms with Crippen LogP contribution in [-0.2, 0) is 9.59 Å². The lowest BCUT2D eigenvalue weighted by atomic mass is 10.1. The number of anilines is 1. The van der Waals surface area contributed by atoms with Crippen molar-refractivity contribution in [1.29, 1.82) is 0 Å². The second-order valence-electron chi connectivity index (χ2n) is 5.80. The number of rotatable bonds is 4. The molecule has 1 saturated heterocycles. The van der Waals surface area contributed by atoms with Crippen molar-refractivity contribution in [3.63, 3.8) is 0 Å². The van der Waals surface area contributed by atoms with Crippen molar-refractivity contribution < 1.29 is 14.4 Å². The first-order valence-corrected chi connectivity index (χ1v) is 7.26. The molecule has 5 nitrogen and oxygen atoms in total. The van der Waals surface area contributed by atoms with Gasteiger partial charge in [0.05, 0.1) is 5.92 Å². The van der Waals surface area contributed by atoms with Crippen LogP contribution in [0.5, 0.6) is 0 Å². The van der Waals surface area contributed by atoms with E-state index in [4.69, 9.17) is 0 Å². The van der Waals surface area contributed by atoms with Crippen LogP contribution < -0.4 is 5.32 Å². The van der Waals surface area contributed by atoms with Crippen LogP contribution in [0.1, 0.15) is 36.5 Å². The monoisotopic (exact) mass is 286 g/mol. The van der Waals surface area contributed by atoms with E-state index >= 15 is 0 Å². The summed E-state index contributed by atoms with van der Waals surface area (Å²) in [5.74, 6) is -0.313. The molecular formula is C16H18N2O3. The Morgan fingerprint density at radius 2 is 1.86 bits per heavy atom. The van der Waals surface area contributed by atoms with E-state index < -0.39 is 0 Å². The number of benzene rings is 1. The third kappa shape index (κ3) is 2.96. The Labute approximate surface area is 123 Å². The summed E-state index contributed by atoms with van der Waals surface area (Å²) in [5.41, 5.74) is 1.27. The van der Waals surface area contributed by atoms with Crippen LogP contribution in [0.2, 0.25) is 0 Å². The van der Waals surface area contributed by atoms with Gasteiger partial charge in [-0.1, -0.05) is 0 Å². The molecule has 0 radical (unpaired) electrons. The molecule has 21 heavy (non-hydrogen) atoms. The summed E-state index contributed by atoms with van der Waals surface area (Å²) in [6, 6.07) is 7.17. The van der Waals surface area contributed by atoms with Gasteiger partial charge in [-0.05, 0) is 44.0 Å². The minimum atomic E-state index is -0.273. The lowest BCUT2D eigenvalue weighted by Crippen LogP contribution is -2.29. The fourth-order valence-electron chi connectivity index (χ4n) is 2.68. The Kier molecular flexibility index (Phi) is 3.49. The fraction of sp³-hybridized carbons (Fsp3) is 0.438. The molecule has 0 bridgehead atoms. The molecule has 3 rings (SSSR count). The molecule has 2 amide bonds. The van der Waals surface area contributed by atoms with Crippen LogP contribution in [0.3, 0.4) is 0 Å². The molecule has 1 aromatic rings. The summed E-state index contributed by atoms with van der Waals surface area (Å²) in [6.07, 6.45) is 2.42. The van der Waals surface area contributed by atoms with Crippen LogP contribution in [0, 0.1) is 5.92 Å². The predicted octanol–water partition coefficient (Wildman–Crippen LogP) is 1.84. The SMILES string of the molecule is CC(=O)c1ccc(NC(=O)[C@H]2CC(=O)N(C3CC3)C2)cc1. The van der Waals surface area contributed by atoms with Crippen LogP contribution in [-0.4, -0.2) is 35.1 Å². The van der Waals surface area contributed by atoms with Crippen molar-refractivity contribution in [1.82, 2.24) is 4.90 Å². The number of carbonyl (C=O) groups is 3. The Bertz CT molecular complexity index is 590. The highest BCUT2D eigenvalue weighted by Crippen LogP contribution is 2.32. The zero-order valence-electron chi connectivity index (χ0n) is 12.0. The summed E-state index contributed by atoms with van der Waals surface area (Å²) in [4.78, 5) is 37.1. The van der Waals surface area contributed by atoms with Gasteiger partial charge in [0.2, 0.25) is 11.8 Å². The van der Waals surface area contributed by atoms with Crippen molar-refractivity contribution in [2.75, 3.05) is 11.9 Å². The normalized spacial score (nSPS) is 21.5. The van der Waals surface area contributed by atoms with Crippen LogP contribution in [0.4, 0.5) is 5.69 Å². The average Bonchev–Trinajstić information content (AvgIpc) is 3.22. The standard InChI is InChI=1S/C16H18N2O3/c1-10(19)11-2-4-13(5-3-11)17-16(21)12-8-15(20)18(9-12)14-6-7-14/h2-5,12,14H,6-9H2,1H3,(H,17,21)/t12-/m0/s1. The van der Waals surface area contributed by atoms with E-state index in [2.05, 4.69) is 5.32 Å². The number of carbonyl (C=O) groups excluding carboxylic acids is 3. The number of hydrogen-bond donors (Lipinski definition) is 1. The number of likely N-dealkylation sites (tertiary alicyclic amines) is 1. The maximum atomic E-state index is 12.2. The van der Waals surface area contributed by atoms with E-state index in [1.54, 1.807) is 24.3 Å². The van der Waals surface area contributed by atoms with Crippen molar-refractivity contribution in [2.24, 2.45) is 5.92 Å². The van der Waals surface area contributed by atoms with Crippen molar-refractivity contribution in [3.05, 3.63) is 29.8 Å². The highest BCUT2D eigenvalue weighted by Gasteiger charge is 2.41. The average molecular weight is 286 g/mol. The molecule has 1 saturated carbocycles. The van der Waals surface area contributed by atoms with E-state index in [-0.39, 0.29) is 23.5 Å². The minimum Gasteiger partial charge on any atom is -0.339 e. The summed E-state index contributed by atoms with van der Waals surface area (Å²) in [5, 5.41) is 2.82. The quantitative estimate of drug-likeness (QED) is 0.859. The van der Waals surface area contributed by atoms with Crippen molar-refractivity contribution in [3.8, 4) is 0 Å². The number of amides is 2. The molecule has 0 aromatic heterocycles. The molecule has 110 valence electrons. The molecule has 2 fully saturated rings. The van der Waals surface area contributed by atoms with E-state index in [0.717, 1.165) is 12.8 Å². The molecule has 1 aliphatic heterocycles. The molecular weight excluding hydrogens is 268 g/mol. The van der Waals surface area contributed by atoms with E-state index in [9.17, 15) is 14.4 Å². The molecule has 0 spiro atoms. The van der Waals surface area contributed by atoms with E-state index in [1.807, 2.05) is 4.90 Å². The lowest BCUT2D eigenvalue weighted by Gasteiger charge is -2.15. The van der Waals surface area contributed by atoms with Gasteiger partial charge in [-0.15, -0.1) is 0 Å². The highest BCUT2D eigenvalue weighted by molar-refractivity contribution is 5.98. The molecule has 0 unspecified atom stereocenters. The molecule has 1 aliphatic carbocycles. The van der Waals surface area contributed by atoms with Crippen LogP contribution >= 0.6 is 0 Å². The summed E-state index contributed by atoms with van der Waals surface area (Å²) >= 11 is 0. The summed E-state index contributed by atoms with van der Waals surface area (Å²) < 4.78 is 0. The first-order chi connectivity index (χ1) is 10.0. The third-order valence-electron chi connectivity index (χ3n) is 4.08. The highest BCUT2D eigenvalue weighted by atomic mass is 16.2. The number of nitrogens with one attached hydrogen (secondary N) is 1. The van der Waals surface area contributed by atoms with Gasteiger partial charge in [0.25, 0.3) is 0 Å². The lowest BCUT2D eigenvalue weighted by molar-refractivity contribution is -0.128. The van der Waals surface area contributed by atoms with Gasteiger partial charge in [-0.3, -0.25) is 14.4 Å². The zero-order valence-corrected chi connectivity index (χ0v) is 12.0. The van der Waals surface area contributed by atoms with Gasteiger partial charge in [-0.25, -0.2) is 0 Å². The van der Waals surface area contributed by atoms with E-state index in [1.165, 1.54) is 6.92 Å². The largest absolute Gasteiger partial charge is 0.339 e. The Balaban J connectivity index is 1.61. The summed E-state index contributed by atoms with van der Waals surface area (Å²) in [7, 11) is 0. The van der Waals surface area contributed by atoms with Gasteiger partial charge < -0.3 is 10.2 Å². The van der Waals surface area contributed by atoms with Gasteiger partial charge in [0.1, 0.15) is 0 Å².